The van der Waals surface area contributed by atoms with Crippen molar-refractivity contribution in [3.8, 4) is 0 Å². The van der Waals surface area contributed by atoms with Crippen molar-refractivity contribution in [3.05, 3.63) is 48.6 Å². The van der Waals surface area contributed by atoms with Gasteiger partial charge in [0.05, 0.1) is 0 Å². The van der Waals surface area contributed by atoms with Crippen molar-refractivity contribution in [1.29, 1.82) is 0 Å². The maximum Gasteiger partial charge on any atom is 0.305 e. The van der Waals surface area contributed by atoms with Gasteiger partial charge in [0.15, 0.2) is 5.78 Å². The van der Waals surface area contributed by atoms with E-state index < -0.39 is 12.1 Å². The first-order valence-corrected chi connectivity index (χ1v) is 20.5. The zero-order chi connectivity index (χ0) is 36.8. The van der Waals surface area contributed by atoms with Crippen molar-refractivity contribution in [1.82, 2.24) is 0 Å². The van der Waals surface area contributed by atoms with E-state index in [0.29, 0.717) is 12.8 Å². The Morgan fingerprint density at radius 2 is 1.06 bits per heavy atom. The summed E-state index contributed by atoms with van der Waals surface area (Å²) in [5.41, 5.74) is 0. The van der Waals surface area contributed by atoms with Crippen LogP contribution in [0.3, 0.4) is 0 Å². The normalized spacial score (nSPS) is 13.2. The fourth-order valence-electron chi connectivity index (χ4n) is 5.54. The number of ether oxygens (including phenoxy) is 2. The van der Waals surface area contributed by atoms with E-state index in [4.69, 9.17) is 9.47 Å². The van der Waals surface area contributed by atoms with Gasteiger partial charge in [0.1, 0.15) is 19.3 Å². The first-order valence-electron chi connectivity index (χ1n) is 20.5. The fourth-order valence-corrected chi connectivity index (χ4v) is 5.54. The number of aliphatic hydroxyl groups excluding tert-OH is 1. The highest BCUT2D eigenvalue weighted by atomic mass is 16.6. The molecule has 0 aliphatic carbocycles. The lowest BCUT2D eigenvalue weighted by atomic mass is 9.99. The summed E-state index contributed by atoms with van der Waals surface area (Å²) in [6.07, 6.45) is 43.0. The number of aliphatic hydroxyl groups is 1. The number of allylic oxidation sites excluding steroid dienone is 8. The average molecular weight is 701 g/mol. The lowest BCUT2D eigenvalue weighted by Gasteiger charge is -2.12. The van der Waals surface area contributed by atoms with E-state index in [9.17, 15) is 19.5 Å². The van der Waals surface area contributed by atoms with Crippen molar-refractivity contribution in [3.63, 3.8) is 0 Å². The van der Waals surface area contributed by atoms with Gasteiger partial charge in [-0.3, -0.25) is 14.4 Å². The van der Waals surface area contributed by atoms with Crippen molar-refractivity contribution in [2.45, 2.75) is 194 Å². The van der Waals surface area contributed by atoms with Crippen LogP contribution in [0.1, 0.15) is 188 Å². The SMILES string of the molecule is CCCCC/C=C\C/C=C\C/C=C\C=C\C(=O)CCCC(=O)OC[C@H](O)COC(=O)CCCCCCCCCCCCCCCCC(C)CC. The summed E-state index contributed by atoms with van der Waals surface area (Å²) in [5.74, 6) is 0.0358. The van der Waals surface area contributed by atoms with Crippen LogP contribution in [-0.4, -0.2) is 42.1 Å². The van der Waals surface area contributed by atoms with E-state index in [-0.39, 0.29) is 37.8 Å². The largest absolute Gasteiger partial charge is 0.463 e. The molecule has 0 fully saturated rings. The Labute approximate surface area is 307 Å². The minimum absolute atomic E-state index is 0.0486. The van der Waals surface area contributed by atoms with Gasteiger partial charge in [-0.1, -0.05) is 172 Å². The molecule has 0 saturated carbocycles. The van der Waals surface area contributed by atoms with Gasteiger partial charge < -0.3 is 14.6 Å². The summed E-state index contributed by atoms with van der Waals surface area (Å²) >= 11 is 0. The quantitative estimate of drug-likeness (QED) is 0.0230. The molecule has 6 nitrogen and oxygen atoms in total. The van der Waals surface area contributed by atoms with Crippen LogP contribution in [0.15, 0.2) is 48.6 Å². The fraction of sp³-hybridized carbons (Fsp3) is 0.750. The molecule has 0 aliphatic heterocycles. The monoisotopic (exact) mass is 701 g/mol. The number of hydrogen-bond donors (Lipinski definition) is 1. The predicted octanol–water partition coefficient (Wildman–Crippen LogP) is 12.0. The number of carbonyl (C=O) groups excluding carboxylic acids is 3. The van der Waals surface area contributed by atoms with Gasteiger partial charge in [-0.2, -0.15) is 0 Å². The second-order valence-corrected chi connectivity index (χ2v) is 14.0. The zero-order valence-corrected chi connectivity index (χ0v) is 32.6. The molecule has 288 valence electrons. The molecule has 0 aromatic rings. The number of ketones is 1. The summed E-state index contributed by atoms with van der Waals surface area (Å²) in [5, 5.41) is 10.0. The smallest absolute Gasteiger partial charge is 0.305 e. The van der Waals surface area contributed by atoms with Gasteiger partial charge in [0, 0.05) is 19.3 Å². The highest BCUT2D eigenvalue weighted by Crippen LogP contribution is 2.16. The van der Waals surface area contributed by atoms with Gasteiger partial charge in [-0.25, -0.2) is 0 Å². The molecule has 0 amide bonds. The molecule has 0 aromatic heterocycles. The zero-order valence-electron chi connectivity index (χ0n) is 32.6. The predicted molar refractivity (Wildman–Crippen MR) is 210 cm³/mol. The third-order valence-electron chi connectivity index (χ3n) is 9.08. The molecule has 2 atom stereocenters. The first-order chi connectivity index (χ1) is 24.4. The topological polar surface area (TPSA) is 89.9 Å². The number of carbonyl (C=O) groups is 3. The Kier molecular flexibility index (Phi) is 35.9. The summed E-state index contributed by atoms with van der Waals surface area (Å²) in [7, 11) is 0. The van der Waals surface area contributed by atoms with Crippen LogP contribution in [0.4, 0.5) is 0 Å². The second kappa shape index (κ2) is 37.8. The van der Waals surface area contributed by atoms with E-state index in [1.165, 1.54) is 109 Å². The number of esters is 2. The molecule has 0 radical (unpaired) electrons. The Morgan fingerprint density at radius 1 is 0.560 bits per heavy atom. The molecule has 0 bridgehead atoms. The van der Waals surface area contributed by atoms with Crippen molar-refractivity contribution in [2.75, 3.05) is 13.2 Å². The Hall–Kier alpha value is -2.47. The molecular formula is C44H76O6. The van der Waals surface area contributed by atoms with Crippen molar-refractivity contribution >= 4 is 17.7 Å². The minimum Gasteiger partial charge on any atom is -0.463 e. The van der Waals surface area contributed by atoms with Gasteiger partial charge in [-0.15, -0.1) is 0 Å². The molecule has 0 aromatic carbocycles. The maximum absolute atomic E-state index is 12.0. The van der Waals surface area contributed by atoms with Gasteiger partial charge in [-0.05, 0) is 50.5 Å². The van der Waals surface area contributed by atoms with E-state index in [1.54, 1.807) is 6.08 Å². The van der Waals surface area contributed by atoms with Crippen LogP contribution in [-0.2, 0) is 23.9 Å². The Bertz CT molecular complexity index is 917. The Morgan fingerprint density at radius 3 is 1.62 bits per heavy atom. The van der Waals surface area contributed by atoms with Gasteiger partial charge in [0.2, 0.25) is 0 Å². The third kappa shape index (κ3) is 36.8. The Balaban J connectivity index is 3.61. The first kappa shape index (κ1) is 47.5. The molecule has 1 unspecified atom stereocenters. The summed E-state index contributed by atoms with van der Waals surface area (Å²) < 4.78 is 10.2. The van der Waals surface area contributed by atoms with E-state index in [2.05, 4.69) is 45.1 Å². The minimum atomic E-state index is -1.06. The third-order valence-corrected chi connectivity index (χ3v) is 9.08. The molecule has 0 rings (SSSR count). The van der Waals surface area contributed by atoms with E-state index in [1.807, 2.05) is 12.2 Å². The van der Waals surface area contributed by atoms with E-state index in [0.717, 1.165) is 44.4 Å². The lowest BCUT2D eigenvalue weighted by Crippen LogP contribution is -2.25. The second-order valence-electron chi connectivity index (χ2n) is 14.0. The van der Waals surface area contributed by atoms with Crippen molar-refractivity contribution < 1.29 is 29.0 Å². The van der Waals surface area contributed by atoms with Crippen molar-refractivity contribution in [2.24, 2.45) is 5.92 Å². The highest BCUT2D eigenvalue weighted by molar-refractivity contribution is 5.90. The van der Waals surface area contributed by atoms with Crippen LogP contribution >= 0.6 is 0 Å². The molecule has 0 saturated heterocycles. The van der Waals surface area contributed by atoms with Crippen LogP contribution in [0, 0.1) is 5.92 Å². The average Bonchev–Trinajstić information content (AvgIpc) is 3.11. The van der Waals surface area contributed by atoms with Gasteiger partial charge >= 0.3 is 11.9 Å². The van der Waals surface area contributed by atoms with Crippen LogP contribution in [0.5, 0.6) is 0 Å². The molecule has 0 aliphatic rings. The van der Waals surface area contributed by atoms with E-state index >= 15 is 0 Å². The number of unbranched alkanes of at least 4 members (excludes halogenated alkanes) is 16. The molecule has 50 heavy (non-hydrogen) atoms. The molecule has 6 heteroatoms. The van der Waals surface area contributed by atoms with Crippen LogP contribution < -0.4 is 0 Å². The molecular weight excluding hydrogens is 624 g/mol. The lowest BCUT2D eigenvalue weighted by molar-refractivity contribution is -0.152. The number of rotatable bonds is 36. The van der Waals surface area contributed by atoms with Crippen LogP contribution in [0.2, 0.25) is 0 Å². The van der Waals surface area contributed by atoms with Crippen LogP contribution in [0.25, 0.3) is 0 Å². The standard InChI is InChI=1S/C44H76O6/c1-4-6-7-8-9-10-11-14-18-21-24-27-30-34-41(45)35-32-37-44(48)50-39-42(46)38-49-43(47)36-31-28-25-22-19-16-13-12-15-17-20-23-26-29-33-40(3)5-2/h9-10,14,18,24,27,30,34,40,42,46H,4-8,11-13,15-17,19-23,25-26,28-29,31-33,35-39H2,1-3H3/b10-9-,18-14-,27-24-,34-30+/t40?,42-/m1/s1. The summed E-state index contributed by atoms with van der Waals surface area (Å²) in [6.45, 7) is 6.45. The number of hydrogen-bond acceptors (Lipinski definition) is 6. The summed E-state index contributed by atoms with van der Waals surface area (Å²) in [6, 6.07) is 0. The maximum atomic E-state index is 12.0. The highest BCUT2D eigenvalue weighted by Gasteiger charge is 2.12. The summed E-state index contributed by atoms with van der Waals surface area (Å²) in [4.78, 5) is 35.9. The molecule has 0 spiro atoms. The molecule has 1 N–H and O–H groups in total. The van der Waals surface area contributed by atoms with Gasteiger partial charge in [0.25, 0.3) is 0 Å². The molecule has 0 heterocycles.